The lowest BCUT2D eigenvalue weighted by Gasteiger charge is -2.30. The van der Waals surface area contributed by atoms with Crippen molar-refractivity contribution < 1.29 is 23.8 Å². The Morgan fingerprint density at radius 1 is 1.11 bits per heavy atom. The van der Waals surface area contributed by atoms with Crippen LogP contribution in [0, 0.1) is 0 Å². The number of hydrogen-bond donors (Lipinski definition) is 0. The van der Waals surface area contributed by atoms with Crippen LogP contribution < -0.4 is 9.47 Å². The maximum absolute atomic E-state index is 12.2. The molecule has 6 nitrogen and oxygen atoms in total. The molecule has 1 rings (SSSR count). The quantitative estimate of drug-likeness (QED) is 0.446. The van der Waals surface area contributed by atoms with Gasteiger partial charge in [0.2, 0.25) is 0 Å². The van der Waals surface area contributed by atoms with Crippen LogP contribution in [0.2, 0.25) is 5.02 Å². The number of amides is 1. The molecular formula is C21H30ClNO5. The second-order valence-electron chi connectivity index (χ2n) is 7.13. The van der Waals surface area contributed by atoms with Crippen LogP contribution >= 0.6 is 11.6 Å². The molecule has 0 heterocycles. The van der Waals surface area contributed by atoms with Gasteiger partial charge in [0.15, 0.2) is 18.1 Å². The molecule has 0 bridgehead atoms. The van der Waals surface area contributed by atoms with Crippen molar-refractivity contribution in [2.75, 3.05) is 13.7 Å². The third kappa shape index (κ3) is 7.08. The van der Waals surface area contributed by atoms with Gasteiger partial charge in [0.1, 0.15) is 0 Å². The SMILES string of the molecule is COc1cc(/C=C/C(=O)OCC(=O)N(C(C)C)C(C)C)cc(Cl)c1OC(C)C. The van der Waals surface area contributed by atoms with E-state index in [-0.39, 0.29) is 30.7 Å². The lowest BCUT2D eigenvalue weighted by atomic mass is 10.2. The molecule has 0 N–H and O–H groups in total. The van der Waals surface area contributed by atoms with E-state index in [1.54, 1.807) is 23.1 Å². The van der Waals surface area contributed by atoms with Gasteiger partial charge in [-0.1, -0.05) is 11.6 Å². The van der Waals surface area contributed by atoms with Gasteiger partial charge in [-0.2, -0.15) is 0 Å². The third-order valence-corrected chi connectivity index (χ3v) is 4.04. The van der Waals surface area contributed by atoms with Crippen molar-refractivity contribution in [2.45, 2.75) is 59.7 Å². The fourth-order valence-electron chi connectivity index (χ4n) is 2.78. The first-order valence-electron chi connectivity index (χ1n) is 9.27. The van der Waals surface area contributed by atoms with E-state index in [0.717, 1.165) is 0 Å². The first-order chi connectivity index (χ1) is 13.1. The van der Waals surface area contributed by atoms with Gasteiger partial charge in [-0.25, -0.2) is 4.79 Å². The predicted molar refractivity (Wildman–Crippen MR) is 111 cm³/mol. The first kappa shape index (κ1) is 23.8. The molecule has 7 heteroatoms. The summed E-state index contributed by atoms with van der Waals surface area (Å²) in [5.41, 5.74) is 0.646. The van der Waals surface area contributed by atoms with Crippen LogP contribution in [0.5, 0.6) is 11.5 Å². The van der Waals surface area contributed by atoms with E-state index in [9.17, 15) is 9.59 Å². The maximum Gasteiger partial charge on any atom is 0.331 e. The predicted octanol–water partition coefficient (Wildman–Crippen LogP) is 4.34. The molecule has 0 fully saturated rings. The summed E-state index contributed by atoms with van der Waals surface area (Å²) in [6.45, 7) is 11.2. The van der Waals surface area contributed by atoms with Gasteiger partial charge >= 0.3 is 5.97 Å². The second-order valence-corrected chi connectivity index (χ2v) is 7.54. The van der Waals surface area contributed by atoms with Gasteiger partial charge < -0.3 is 19.1 Å². The number of rotatable bonds is 9. The monoisotopic (exact) mass is 411 g/mol. The fraction of sp³-hybridized carbons (Fsp3) is 0.524. The number of halogens is 1. The molecule has 156 valence electrons. The van der Waals surface area contributed by atoms with Crippen LogP contribution in [0.1, 0.15) is 47.1 Å². The number of benzene rings is 1. The van der Waals surface area contributed by atoms with Gasteiger partial charge in [0.25, 0.3) is 5.91 Å². The summed E-state index contributed by atoms with van der Waals surface area (Å²) in [7, 11) is 1.52. The summed E-state index contributed by atoms with van der Waals surface area (Å²) in [5, 5.41) is 0.376. The van der Waals surface area contributed by atoms with Gasteiger partial charge in [0, 0.05) is 18.2 Å². The van der Waals surface area contributed by atoms with Gasteiger partial charge in [0.05, 0.1) is 18.2 Å². The van der Waals surface area contributed by atoms with Crippen molar-refractivity contribution >= 4 is 29.6 Å². The minimum absolute atomic E-state index is 0.0305. The number of methoxy groups -OCH3 is 1. The molecular weight excluding hydrogens is 382 g/mol. The van der Waals surface area contributed by atoms with Crippen LogP contribution in [0.25, 0.3) is 6.08 Å². The Bertz CT molecular complexity index is 705. The van der Waals surface area contributed by atoms with Crippen LogP contribution in [-0.4, -0.2) is 48.7 Å². The summed E-state index contributed by atoms with van der Waals surface area (Å²) < 4.78 is 16.0. The average molecular weight is 412 g/mol. The second kappa shape index (κ2) is 11.0. The molecule has 0 aliphatic carbocycles. The zero-order chi connectivity index (χ0) is 21.4. The van der Waals surface area contributed by atoms with E-state index in [1.165, 1.54) is 13.2 Å². The van der Waals surface area contributed by atoms with Crippen molar-refractivity contribution in [3.05, 3.63) is 28.8 Å². The van der Waals surface area contributed by atoms with Gasteiger partial charge in [-0.3, -0.25) is 4.79 Å². The van der Waals surface area contributed by atoms with E-state index < -0.39 is 5.97 Å². The molecule has 0 saturated heterocycles. The normalized spacial score (nSPS) is 11.4. The van der Waals surface area contributed by atoms with Gasteiger partial charge in [-0.15, -0.1) is 0 Å². The summed E-state index contributed by atoms with van der Waals surface area (Å²) >= 11 is 6.26. The molecule has 0 aliphatic rings. The summed E-state index contributed by atoms with van der Waals surface area (Å²) in [6, 6.07) is 3.43. The standard InChI is InChI=1S/C21H30ClNO5/c1-13(2)23(14(3)4)19(24)12-27-20(25)9-8-16-10-17(22)21(28-15(5)6)18(11-16)26-7/h8-11,13-15H,12H2,1-7H3/b9-8+. The zero-order valence-electron chi connectivity index (χ0n) is 17.6. The molecule has 0 aromatic heterocycles. The van der Waals surface area contributed by atoms with Crippen molar-refractivity contribution in [1.29, 1.82) is 0 Å². The summed E-state index contributed by atoms with van der Waals surface area (Å²) in [5.74, 6) is 0.0749. The van der Waals surface area contributed by atoms with Crippen molar-refractivity contribution in [2.24, 2.45) is 0 Å². The average Bonchev–Trinajstić information content (AvgIpc) is 2.59. The van der Waals surface area contributed by atoms with Crippen molar-refractivity contribution in [3.63, 3.8) is 0 Å². The van der Waals surface area contributed by atoms with E-state index in [2.05, 4.69) is 0 Å². The number of nitrogens with zero attached hydrogens (tertiary/aromatic N) is 1. The minimum atomic E-state index is -0.613. The van der Waals surface area contributed by atoms with Crippen LogP contribution in [0.3, 0.4) is 0 Å². The molecule has 0 spiro atoms. The third-order valence-electron chi connectivity index (χ3n) is 3.76. The molecule has 1 aromatic rings. The van der Waals surface area contributed by atoms with Crippen molar-refractivity contribution in [1.82, 2.24) is 4.90 Å². The largest absolute Gasteiger partial charge is 0.493 e. The van der Waals surface area contributed by atoms with Crippen LogP contribution in [-0.2, 0) is 14.3 Å². The molecule has 0 aliphatic heterocycles. The number of carbonyl (C=O) groups is 2. The number of hydrogen-bond acceptors (Lipinski definition) is 5. The summed E-state index contributed by atoms with van der Waals surface area (Å²) in [6.07, 6.45) is 2.73. The summed E-state index contributed by atoms with van der Waals surface area (Å²) in [4.78, 5) is 25.9. The molecule has 0 saturated carbocycles. The van der Waals surface area contributed by atoms with E-state index in [4.69, 9.17) is 25.8 Å². The highest BCUT2D eigenvalue weighted by atomic mass is 35.5. The highest BCUT2D eigenvalue weighted by molar-refractivity contribution is 6.32. The number of carbonyl (C=O) groups excluding carboxylic acids is 2. The highest BCUT2D eigenvalue weighted by Gasteiger charge is 2.21. The Hall–Kier alpha value is -2.21. The zero-order valence-corrected chi connectivity index (χ0v) is 18.4. The Morgan fingerprint density at radius 3 is 2.21 bits per heavy atom. The molecule has 0 unspecified atom stereocenters. The minimum Gasteiger partial charge on any atom is -0.493 e. The Balaban J connectivity index is 2.79. The lowest BCUT2D eigenvalue weighted by molar-refractivity contribution is -0.150. The molecule has 1 amide bonds. The highest BCUT2D eigenvalue weighted by Crippen LogP contribution is 2.37. The van der Waals surface area contributed by atoms with E-state index >= 15 is 0 Å². The smallest absolute Gasteiger partial charge is 0.331 e. The Morgan fingerprint density at radius 2 is 1.71 bits per heavy atom. The molecule has 0 atom stereocenters. The Labute approximate surface area is 172 Å². The number of ether oxygens (including phenoxy) is 3. The molecule has 1 aromatic carbocycles. The number of esters is 1. The van der Waals surface area contributed by atoms with E-state index in [0.29, 0.717) is 22.1 Å². The fourth-order valence-corrected chi connectivity index (χ4v) is 3.04. The maximum atomic E-state index is 12.2. The Kier molecular flexibility index (Phi) is 9.32. The van der Waals surface area contributed by atoms with Crippen molar-refractivity contribution in [3.8, 4) is 11.5 Å². The first-order valence-corrected chi connectivity index (χ1v) is 9.64. The van der Waals surface area contributed by atoms with Crippen LogP contribution in [0.4, 0.5) is 0 Å². The topological polar surface area (TPSA) is 65.1 Å². The van der Waals surface area contributed by atoms with E-state index in [1.807, 2.05) is 41.5 Å². The molecule has 0 radical (unpaired) electrons. The lowest BCUT2D eigenvalue weighted by Crippen LogP contribution is -2.44. The van der Waals surface area contributed by atoms with Crippen LogP contribution in [0.15, 0.2) is 18.2 Å². The molecule has 28 heavy (non-hydrogen) atoms. The van der Waals surface area contributed by atoms with Gasteiger partial charge in [-0.05, 0) is 65.3 Å².